The van der Waals surface area contributed by atoms with Crippen LogP contribution in [0.2, 0.25) is 0 Å². The Hall–Kier alpha value is -6.23. The van der Waals surface area contributed by atoms with Crippen LogP contribution in [0.25, 0.3) is 87.7 Å². The highest BCUT2D eigenvalue weighted by Crippen LogP contribution is 2.49. The summed E-state index contributed by atoms with van der Waals surface area (Å²) in [6.45, 7) is 4.62. The van der Waals surface area contributed by atoms with Crippen molar-refractivity contribution >= 4 is 31.5 Å². The van der Waals surface area contributed by atoms with E-state index in [2.05, 4.69) is 159 Å². The molecule has 4 heteroatoms. The van der Waals surface area contributed by atoms with Gasteiger partial charge in [-0.15, -0.1) is 11.3 Å². The lowest BCUT2D eigenvalue weighted by Gasteiger charge is -2.21. The molecule has 1 aliphatic rings. The van der Waals surface area contributed by atoms with Gasteiger partial charge in [0.05, 0.1) is 0 Å². The minimum atomic E-state index is -0.123. The third-order valence-corrected chi connectivity index (χ3v) is 11.9. The van der Waals surface area contributed by atoms with Crippen molar-refractivity contribution in [2.24, 2.45) is 0 Å². The lowest BCUT2D eigenvalue weighted by Crippen LogP contribution is -2.15. The molecule has 0 unspecified atom stereocenters. The van der Waals surface area contributed by atoms with Crippen LogP contribution in [0.15, 0.2) is 164 Å². The molecule has 2 aromatic heterocycles. The van der Waals surface area contributed by atoms with Gasteiger partial charge in [-0.25, -0.2) is 15.0 Å². The number of benzene rings is 7. The molecule has 0 amide bonds. The van der Waals surface area contributed by atoms with E-state index in [0.717, 1.165) is 16.7 Å². The Balaban J connectivity index is 1.13. The van der Waals surface area contributed by atoms with E-state index in [1.54, 1.807) is 0 Å². The van der Waals surface area contributed by atoms with E-state index in [1.807, 2.05) is 29.5 Å². The summed E-state index contributed by atoms with van der Waals surface area (Å²) in [6.07, 6.45) is 0. The summed E-state index contributed by atoms with van der Waals surface area (Å²) in [5.41, 5.74) is 12.9. The molecule has 7 aromatic carbocycles. The molecule has 52 heavy (non-hydrogen) atoms. The van der Waals surface area contributed by atoms with Crippen LogP contribution in [0.4, 0.5) is 0 Å². The highest BCUT2D eigenvalue weighted by molar-refractivity contribution is 7.26. The molecule has 10 rings (SSSR count). The average molecular weight is 684 g/mol. The van der Waals surface area contributed by atoms with Crippen LogP contribution < -0.4 is 0 Å². The highest BCUT2D eigenvalue weighted by atomic mass is 32.1. The topological polar surface area (TPSA) is 38.7 Å². The molecule has 0 saturated carbocycles. The third-order valence-electron chi connectivity index (χ3n) is 10.6. The summed E-state index contributed by atoms with van der Waals surface area (Å²) in [5, 5.41) is 2.45. The molecule has 0 fully saturated rings. The molecule has 3 nitrogen and oxygen atoms in total. The van der Waals surface area contributed by atoms with E-state index >= 15 is 0 Å². The fourth-order valence-corrected chi connectivity index (χ4v) is 9.23. The van der Waals surface area contributed by atoms with E-state index in [1.165, 1.54) is 64.7 Å². The molecule has 0 spiro atoms. The maximum absolute atomic E-state index is 5.25. The van der Waals surface area contributed by atoms with Gasteiger partial charge in [0.2, 0.25) is 0 Å². The molecular formula is C48H33N3S. The molecule has 0 N–H and O–H groups in total. The largest absolute Gasteiger partial charge is 0.208 e. The quantitative estimate of drug-likeness (QED) is 0.181. The number of hydrogen-bond donors (Lipinski definition) is 0. The van der Waals surface area contributed by atoms with Crippen molar-refractivity contribution in [3.8, 4) is 67.5 Å². The molecule has 0 atom stereocenters. The Morgan fingerprint density at radius 2 is 0.865 bits per heavy atom. The first-order valence-electron chi connectivity index (χ1n) is 17.7. The van der Waals surface area contributed by atoms with Gasteiger partial charge in [0.25, 0.3) is 0 Å². The highest BCUT2D eigenvalue weighted by Gasteiger charge is 2.35. The predicted octanol–water partition coefficient (Wildman–Crippen LogP) is 12.9. The summed E-state index contributed by atoms with van der Waals surface area (Å²) in [6, 6.07) is 58.3. The Morgan fingerprint density at radius 3 is 1.60 bits per heavy atom. The fourth-order valence-electron chi connectivity index (χ4n) is 7.88. The van der Waals surface area contributed by atoms with Crippen LogP contribution in [0.3, 0.4) is 0 Å². The van der Waals surface area contributed by atoms with Crippen molar-refractivity contribution in [1.29, 1.82) is 0 Å². The van der Waals surface area contributed by atoms with Crippen LogP contribution in [-0.2, 0) is 5.41 Å². The zero-order valence-electron chi connectivity index (χ0n) is 28.8. The number of rotatable bonds is 5. The van der Waals surface area contributed by atoms with Crippen LogP contribution in [0.1, 0.15) is 25.0 Å². The van der Waals surface area contributed by atoms with Crippen molar-refractivity contribution < 1.29 is 0 Å². The van der Waals surface area contributed by atoms with Gasteiger partial charge in [0, 0.05) is 42.3 Å². The SMILES string of the molecule is CC1(C)c2ccccc2-c2ccc(-c3nc(-c4ccccc4)nc(-c4cccc5c4sc4c(-c6ccc(-c7ccccc7)cc6)cccc45)n3)cc21. The number of hydrogen-bond acceptors (Lipinski definition) is 4. The molecule has 9 aromatic rings. The summed E-state index contributed by atoms with van der Waals surface area (Å²) >= 11 is 1.82. The summed E-state index contributed by atoms with van der Waals surface area (Å²) in [4.78, 5) is 15.5. The fraction of sp³-hybridized carbons (Fsp3) is 0.0625. The molecule has 0 radical (unpaired) electrons. The van der Waals surface area contributed by atoms with Crippen molar-refractivity contribution in [2.75, 3.05) is 0 Å². The second-order valence-electron chi connectivity index (χ2n) is 14.0. The second-order valence-corrected chi connectivity index (χ2v) is 15.0. The lowest BCUT2D eigenvalue weighted by atomic mass is 9.82. The first-order chi connectivity index (χ1) is 25.5. The molecule has 0 saturated heterocycles. The minimum Gasteiger partial charge on any atom is -0.208 e. The molecule has 1 aliphatic carbocycles. The van der Waals surface area contributed by atoms with Gasteiger partial charge in [-0.1, -0.05) is 166 Å². The summed E-state index contributed by atoms with van der Waals surface area (Å²) < 4.78 is 2.43. The summed E-state index contributed by atoms with van der Waals surface area (Å²) in [7, 11) is 0. The zero-order chi connectivity index (χ0) is 34.8. The first-order valence-corrected chi connectivity index (χ1v) is 18.5. The molecular weight excluding hydrogens is 651 g/mol. The van der Waals surface area contributed by atoms with Crippen molar-refractivity contribution in [3.05, 3.63) is 175 Å². The van der Waals surface area contributed by atoms with Gasteiger partial charge in [-0.05, 0) is 56.6 Å². The van der Waals surface area contributed by atoms with Gasteiger partial charge in [-0.3, -0.25) is 0 Å². The van der Waals surface area contributed by atoms with E-state index in [0.29, 0.717) is 17.5 Å². The van der Waals surface area contributed by atoms with Gasteiger partial charge in [-0.2, -0.15) is 0 Å². The normalized spacial score (nSPS) is 13.0. The second kappa shape index (κ2) is 11.9. The average Bonchev–Trinajstić information content (AvgIpc) is 3.70. The van der Waals surface area contributed by atoms with Crippen LogP contribution in [-0.4, -0.2) is 15.0 Å². The Bertz CT molecular complexity index is 2800. The van der Waals surface area contributed by atoms with Crippen LogP contribution in [0.5, 0.6) is 0 Å². The zero-order valence-corrected chi connectivity index (χ0v) is 29.7. The van der Waals surface area contributed by atoms with E-state index in [9.17, 15) is 0 Å². The Morgan fingerprint density at radius 1 is 0.365 bits per heavy atom. The number of nitrogens with zero attached hydrogens (tertiary/aromatic N) is 3. The smallest absolute Gasteiger partial charge is 0.165 e. The number of fused-ring (bicyclic) bond motifs is 6. The van der Waals surface area contributed by atoms with Crippen molar-refractivity contribution in [1.82, 2.24) is 15.0 Å². The van der Waals surface area contributed by atoms with Gasteiger partial charge in [0.15, 0.2) is 17.5 Å². The maximum Gasteiger partial charge on any atom is 0.165 e. The van der Waals surface area contributed by atoms with Crippen molar-refractivity contribution in [2.45, 2.75) is 19.3 Å². The van der Waals surface area contributed by atoms with Gasteiger partial charge in [0.1, 0.15) is 0 Å². The molecule has 0 aliphatic heterocycles. The Kier molecular flexibility index (Phi) is 7.02. The van der Waals surface area contributed by atoms with E-state index < -0.39 is 0 Å². The number of aromatic nitrogens is 3. The molecule has 2 heterocycles. The first kappa shape index (κ1) is 30.6. The standard InChI is InChI=1S/C48H33N3S/c1-48(2)41-22-10-9-17-36(41)37-28-27-34(29-42(37)48)46-49-45(33-15-7-4-8-16-33)50-47(51-46)40-21-12-20-39-38-19-11-18-35(43(38)52-44(39)40)32-25-23-31(24-26-32)30-13-5-3-6-14-30/h3-29H,1-2H3. The predicted molar refractivity (Wildman–Crippen MR) is 217 cm³/mol. The van der Waals surface area contributed by atoms with Crippen LogP contribution >= 0.6 is 11.3 Å². The van der Waals surface area contributed by atoms with Crippen molar-refractivity contribution in [3.63, 3.8) is 0 Å². The minimum absolute atomic E-state index is 0.123. The van der Waals surface area contributed by atoms with E-state index in [4.69, 9.17) is 15.0 Å². The molecule has 0 bridgehead atoms. The third kappa shape index (κ3) is 4.90. The van der Waals surface area contributed by atoms with Crippen LogP contribution in [0, 0.1) is 0 Å². The monoisotopic (exact) mass is 683 g/mol. The Labute approximate surface area is 307 Å². The van der Waals surface area contributed by atoms with Gasteiger partial charge < -0.3 is 0 Å². The van der Waals surface area contributed by atoms with Gasteiger partial charge >= 0.3 is 0 Å². The summed E-state index contributed by atoms with van der Waals surface area (Å²) in [5.74, 6) is 2.02. The van der Waals surface area contributed by atoms with E-state index in [-0.39, 0.29) is 5.41 Å². The lowest BCUT2D eigenvalue weighted by molar-refractivity contribution is 0.660. The maximum atomic E-state index is 5.25. The molecule has 246 valence electrons. The number of thiophene rings is 1.